The highest BCUT2D eigenvalue weighted by Crippen LogP contribution is 2.51. The molecular formula is C28H35N5O5. The van der Waals surface area contributed by atoms with Crippen molar-refractivity contribution in [3.8, 4) is 11.6 Å². The number of pyridine rings is 1. The van der Waals surface area contributed by atoms with E-state index in [-0.39, 0.29) is 36.0 Å². The molecule has 1 unspecified atom stereocenters. The van der Waals surface area contributed by atoms with Crippen molar-refractivity contribution in [1.82, 2.24) is 15.2 Å². The summed E-state index contributed by atoms with van der Waals surface area (Å²) in [6, 6.07) is 9.81. The fourth-order valence-electron chi connectivity index (χ4n) is 5.59. The lowest BCUT2D eigenvalue weighted by atomic mass is 9.86. The number of hydrogen-bond donors (Lipinski definition) is 3. The Bertz CT molecular complexity index is 1270. The predicted molar refractivity (Wildman–Crippen MR) is 140 cm³/mol. The highest BCUT2D eigenvalue weighted by molar-refractivity contribution is 5.99. The number of fused-ring (bicyclic) bond motifs is 1. The number of rotatable bonds is 6. The van der Waals surface area contributed by atoms with E-state index in [2.05, 4.69) is 15.3 Å². The Morgan fingerprint density at radius 3 is 2.63 bits per heavy atom. The van der Waals surface area contributed by atoms with Crippen LogP contribution in [0.5, 0.6) is 11.6 Å². The molecule has 5 rings (SSSR count). The van der Waals surface area contributed by atoms with Gasteiger partial charge in [0.15, 0.2) is 5.96 Å². The number of methoxy groups -OCH3 is 1. The number of guanidine groups is 1. The summed E-state index contributed by atoms with van der Waals surface area (Å²) in [4.78, 5) is 37.3. The molecule has 10 nitrogen and oxygen atoms in total. The van der Waals surface area contributed by atoms with Crippen LogP contribution in [0.1, 0.15) is 63.7 Å². The third kappa shape index (κ3) is 4.69. The van der Waals surface area contributed by atoms with Gasteiger partial charge < -0.3 is 25.6 Å². The Labute approximate surface area is 222 Å². The highest BCUT2D eigenvalue weighted by atomic mass is 16.5. The average Bonchev–Trinajstić information content (AvgIpc) is 3.64. The third-order valence-electron chi connectivity index (χ3n) is 7.64. The van der Waals surface area contributed by atoms with Crippen molar-refractivity contribution >= 4 is 17.8 Å². The number of nitrogens with zero attached hydrogens (tertiary/aromatic N) is 3. The smallest absolute Gasteiger partial charge is 0.232 e. The maximum Gasteiger partial charge on any atom is 0.232 e. The largest absolute Gasteiger partial charge is 0.485 e. The van der Waals surface area contributed by atoms with Crippen molar-refractivity contribution in [1.29, 1.82) is 0 Å². The number of aromatic nitrogens is 1. The normalized spacial score (nSPS) is 27.9. The lowest BCUT2D eigenvalue weighted by Crippen LogP contribution is -2.54. The number of carbonyl (C=O) groups excluding carboxylic acids is 2. The van der Waals surface area contributed by atoms with Crippen LogP contribution < -0.4 is 20.5 Å². The second-order valence-electron chi connectivity index (χ2n) is 11.5. The van der Waals surface area contributed by atoms with E-state index in [0.29, 0.717) is 18.1 Å². The minimum Gasteiger partial charge on any atom is -0.485 e. The summed E-state index contributed by atoms with van der Waals surface area (Å²) in [5.41, 5.74) is 6.33. The summed E-state index contributed by atoms with van der Waals surface area (Å²) >= 11 is 0. The zero-order valence-electron chi connectivity index (χ0n) is 22.3. The fourth-order valence-corrected chi connectivity index (χ4v) is 5.59. The number of amides is 2. The van der Waals surface area contributed by atoms with Crippen LogP contribution in [0.3, 0.4) is 0 Å². The summed E-state index contributed by atoms with van der Waals surface area (Å²) < 4.78 is 11.2. The number of carbonyl (C=O) groups is 2. The van der Waals surface area contributed by atoms with E-state index in [1.807, 2.05) is 44.2 Å². The summed E-state index contributed by atoms with van der Waals surface area (Å²) in [5, 5.41) is 14.1. The summed E-state index contributed by atoms with van der Waals surface area (Å²) in [5.74, 6) is 0.275. The van der Waals surface area contributed by atoms with Gasteiger partial charge in [0.2, 0.25) is 17.7 Å². The molecule has 1 aromatic heterocycles. The Morgan fingerprint density at radius 2 is 1.97 bits per heavy atom. The number of benzene rings is 1. The van der Waals surface area contributed by atoms with Gasteiger partial charge in [-0.25, -0.2) is 9.98 Å². The van der Waals surface area contributed by atoms with E-state index in [4.69, 9.17) is 15.2 Å². The first-order chi connectivity index (χ1) is 17.9. The van der Waals surface area contributed by atoms with Gasteiger partial charge in [0, 0.05) is 23.7 Å². The minimum atomic E-state index is -0.950. The quantitative estimate of drug-likeness (QED) is 0.531. The van der Waals surface area contributed by atoms with Crippen LogP contribution in [-0.4, -0.2) is 57.1 Å². The van der Waals surface area contributed by atoms with E-state index < -0.39 is 29.3 Å². The number of nitrogens with two attached hydrogens (primary N) is 1. The van der Waals surface area contributed by atoms with Crippen molar-refractivity contribution in [3.63, 3.8) is 0 Å². The molecule has 0 saturated heterocycles. The van der Waals surface area contributed by atoms with E-state index in [1.165, 1.54) is 12.0 Å². The first-order valence-corrected chi connectivity index (χ1v) is 12.9. The maximum absolute atomic E-state index is 13.6. The van der Waals surface area contributed by atoms with E-state index in [0.717, 1.165) is 11.1 Å². The van der Waals surface area contributed by atoms with Crippen molar-refractivity contribution in [2.24, 2.45) is 22.6 Å². The van der Waals surface area contributed by atoms with Crippen LogP contribution in [-0.2, 0) is 9.59 Å². The molecule has 3 heterocycles. The molecular weight excluding hydrogens is 486 g/mol. The van der Waals surface area contributed by atoms with Gasteiger partial charge in [0.25, 0.3) is 0 Å². The molecule has 10 heteroatoms. The third-order valence-corrected chi connectivity index (χ3v) is 7.64. The zero-order chi connectivity index (χ0) is 27.4. The molecule has 1 fully saturated rings. The number of ether oxygens (including phenoxy) is 2. The minimum absolute atomic E-state index is 0.133. The Morgan fingerprint density at radius 1 is 1.24 bits per heavy atom. The van der Waals surface area contributed by atoms with Crippen molar-refractivity contribution in [3.05, 3.63) is 53.7 Å². The lowest BCUT2D eigenvalue weighted by molar-refractivity contribution is -0.132. The SMILES string of the molecule is COc1ccc(C([C@H]2C[C@@H]2C(=O)N[C@@H]2c3ccccc3OC(C)(C)[C@H]2O)N2C(=O)CC(C)(C)N=C2N)cn1. The number of aliphatic hydroxyl groups excluding tert-OH is 1. The van der Waals surface area contributed by atoms with E-state index >= 15 is 0 Å². The summed E-state index contributed by atoms with van der Waals surface area (Å²) in [6.45, 7) is 7.33. The molecule has 202 valence electrons. The number of aliphatic hydroxyl groups is 1. The molecule has 0 spiro atoms. The second-order valence-corrected chi connectivity index (χ2v) is 11.5. The molecule has 3 aliphatic rings. The molecule has 4 N–H and O–H groups in total. The van der Waals surface area contributed by atoms with Gasteiger partial charge >= 0.3 is 0 Å². The lowest BCUT2D eigenvalue weighted by Gasteiger charge is -2.42. The van der Waals surface area contributed by atoms with Crippen LogP contribution in [0.2, 0.25) is 0 Å². The van der Waals surface area contributed by atoms with E-state index in [1.54, 1.807) is 26.1 Å². The predicted octanol–water partition coefficient (Wildman–Crippen LogP) is 2.48. The molecule has 0 radical (unpaired) electrons. The van der Waals surface area contributed by atoms with Gasteiger partial charge in [-0.15, -0.1) is 0 Å². The van der Waals surface area contributed by atoms with Crippen molar-refractivity contribution in [2.75, 3.05) is 7.11 Å². The molecule has 38 heavy (non-hydrogen) atoms. The maximum atomic E-state index is 13.6. The van der Waals surface area contributed by atoms with E-state index in [9.17, 15) is 14.7 Å². The number of nitrogens with one attached hydrogen (secondary N) is 1. The fraction of sp³-hybridized carbons (Fsp3) is 0.500. The molecule has 2 aliphatic heterocycles. The first kappa shape index (κ1) is 26.0. The molecule has 2 amide bonds. The van der Waals surface area contributed by atoms with Gasteiger partial charge in [-0.2, -0.15) is 0 Å². The molecule has 5 atom stereocenters. The molecule has 1 saturated carbocycles. The Balaban J connectivity index is 1.42. The summed E-state index contributed by atoms with van der Waals surface area (Å²) in [7, 11) is 1.53. The Hall–Kier alpha value is -3.66. The first-order valence-electron chi connectivity index (χ1n) is 12.9. The second kappa shape index (κ2) is 9.27. The monoisotopic (exact) mass is 521 g/mol. The molecule has 2 aromatic rings. The van der Waals surface area contributed by atoms with Crippen LogP contribution in [0.15, 0.2) is 47.6 Å². The number of aliphatic imine (C=N–C) groups is 1. The molecule has 1 aromatic carbocycles. The van der Waals surface area contributed by atoms with Crippen molar-refractivity contribution in [2.45, 2.75) is 69.9 Å². The van der Waals surface area contributed by atoms with Gasteiger partial charge in [-0.3, -0.25) is 14.5 Å². The van der Waals surface area contributed by atoms with Gasteiger partial charge in [-0.1, -0.05) is 24.3 Å². The van der Waals surface area contributed by atoms with Gasteiger partial charge in [0.05, 0.1) is 31.2 Å². The van der Waals surface area contributed by atoms with Gasteiger partial charge in [0.1, 0.15) is 17.5 Å². The average molecular weight is 522 g/mol. The number of para-hydroxylation sites is 1. The molecule has 1 aliphatic carbocycles. The van der Waals surface area contributed by atoms with Gasteiger partial charge in [-0.05, 0) is 51.7 Å². The highest BCUT2D eigenvalue weighted by Gasteiger charge is 2.54. The zero-order valence-corrected chi connectivity index (χ0v) is 22.3. The standard InChI is InChI=1S/C28H35N5O5/c1-27(2)13-21(34)33(26(29)32-27)23(15-10-11-20(37-5)30-14-15)17-12-18(17)25(36)31-22-16-8-6-7-9-19(16)38-28(3,4)24(22)35/h6-11,14,17-18,22-24,35H,12-13H2,1-5H3,(H2,29,32)(H,31,36)/t17-,18-,22+,23?,24-/m0/s1. The van der Waals surface area contributed by atoms with Crippen LogP contribution in [0.4, 0.5) is 0 Å². The summed E-state index contributed by atoms with van der Waals surface area (Å²) in [6.07, 6.45) is 1.46. The van der Waals surface area contributed by atoms with Crippen molar-refractivity contribution < 1.29 is 24.2 Å². The van der Waals surface area contributed by atoms with Crippen LogP contribution in [0.25, 0.3) is 0 Å². The number of hydrogen-bond acceptors (Lipinski definition) is 8. The van der Waals surface area contributed by atoms with Crippen LogP contribution in [0, 0.1) is 11.8 Å². The van der Waals surface area contributed by atoms with Crippen LogP contribution >= 0.6 is 0 Å². The Kier molecular flexibility index (Phi) is 6.33. The topological polar surface area (TPSA) is 139 Å². The molecule has 0 bridgehead atoms.